The molecule has 0 bridgehead atoms. The quantitative estimate of drug-likeness (QED) is 0.510. The minimum Gasteiger partial charge on any atom is -0.497 e. The molecule has 1 aromatic carbocycles. The second kappa shape index (κ2) is 10.6. The first-order valence-corrected chi connectivity index (χ1v) is 12.8. The average Bonchev–Trinajstić information content (AvgIpc) is 3.54. The molecule has 0 spiro atoms. The molecule has 8 nitrogen and oxygen atoms in total. The van der Waals surface area contributed by atoms with Gasteiger partial charge in [-0.25, -0.2) is 4.98 Å². The molecule has 180 valence electrons. The van der Waals surface area contributed by atoms with Crippen molar-refractivity contribution in [1.82, 2.24) is 19.2 Å². The highest BCUT2D eigenvalue weighted by Gasteiger charge is 2.26. The van der Waals surface area contributed by atoms with Crippen LogP contribution in [0.15, 0.2) is 40.8 Å². The Kier molecular flexibility index (Phi) is 7.10. The molecule has 2 fully saturated rings. The number of anilines is 1. The van der Waals surface area contributed by atoms with Gasteiger partial charge in [0, 0.05) is 44.1 Å². The molecule has 2 aromatic heterocycles. The summed E-state index contributed by atoms with van der Waals surface area (Å²) in [5, 5.41) is 0.909. The maximum absolute atomic E-state index is 13.0. The fourth-order valence-electron chi connectivity index (χ4n) is 4.58. The number of nitrogens with zero attached hydrogens (tertiary/aromatic N) is 5. The molecular weight excluding hydrogens is 450 g/mol. The van der Waals surface area contributed by atoms with Crippen LogP contribution in [0.4, 0.5) is 5.13 Å². The summed E-state index contributed by atoms with van der Waals surface area (Å²) in [7, 11) is 1.67. The first-order chi connectivity index (χ1) is 16.7. The number of hydrogen-bond donors (Lipinski definition) is 0. The number of methoxy groups -OCH3 is 1. The molecule has 3 aromatic rings. The standard InChI is InChI=1S/C25H31N5O3S/c1-32-20-7-5-6-19(16-20)17-23-26-25(34-27-23)30-14-12-29(13-15-30)24(31)22-9-8-21(33-22)18-28-10-3-2-4-11-28/h5-9,16H,2-4,10-15,17-18H2,1H3. The van der Waals surface area contributed by atoms with Crippen LogP contribution in [0, 0.1) is 0 Å². The third-order valence-corrected chi connectivity index (χ3v) is 7.31. The van der Waals surface area contributed by atoms with Crippen molar-refractivity contribution in [3.8, 4) is 5.75 Å². The molecule has 34 heavy (non-hydrogen) atoms. The minimum absolute atomic E-state index is 0.0273. The van der Waals surface area contributed by atoms with E-state index in [1.54, 1.807) is 7.11 Å². The number of likely N-dealkylation sites (tertiary alicyclic amines) is 1. The molecule has 2 aliphatic heterocycles. The maximum atomic E-state index is 13.0. The molecule has 0 atom stereocenters. The van der Waals surface area contributed by atoms with E-state index in [1.165, 1.54) is 30.8 Å². The van der Waals surface area contributed by atoms with Crippen LogP contribution in [-0.2, 0) is 13.0 Å². The Bertz CT molecular complexity index is 1100. The number of amides is 1. The lowest BCUT2D eigenvalue weighted by atomic mass is 10.1. The predicted molar refractivity (Wildman–Crippen MR) is 132 cm³/mol. The molecule has 2 saturated heterocycles. The zero-order chi connectivity index (χ0) is 23.3. The molecular formula is C25H31N5O3S. The number of rotatable bonds is 7. The van der Waals surface area contributed by atoms with E-state index < -0.39 is 0 Å². The van der Waals surface area contributed by atoms with E-state index in [0.29, 0.717) is 25.3 Å². The van der Waals surface area contributed by atoms with Crippen LogP contribution >= 0.6 is 11.5 Å². The Hall–Kier alpha value is -2.91. The lowest BCUT2D eigenvalue weighted by Crippen LogP contribution is -2.48. The van der Waals surface area contributed by atoms with Crippen LogP contribution in [0.5, 0.6) is 5.75 Å². The predicted octanol–water partition coefficient (Wildman–Crippen LogP) is 3.68. The highest BCUT2D eigenvalue weighted by molar-refractivity contribution is 7.09. The molecule has 0 aliphatic carbocycles. The zero-order valence-electron chi connectivity index (χ0n) is 19.6. The molecule has 1 amide bonds. The number of piperazine rings is 1. The van der Waals surface area contributed by atoms with Gasteiger partial charge in [-0.05, 0) is 55.8 Å². The van der Waals surface area contributed by atoms with E-state index in [2.05, 4.69) is 20.2 Å². The summed E-state index contributed by atoms with van der Waals surface area (Å²) < 4.78 is 15.8. The lowest BCUT2D eigenvalue weighted by molar-refractivity contribution is 0.0710. The van der Waals surface area contributed by atoms with Crippen LogP contribution < -0.4 is 9.64 Å². The van der Waals surface area contributed by atoms with Gasteiger partial charge in [0.2, 0.25) is 5.13 Å². The summed E-state index contributed by atoms with van der Waals surface area (Å²) in [5.74, 6) is 2.94. The monoisotopic (exact) mass is 481 g/mol. The SMILES string of the molecule is COc1cccc(Cc2nsc(N3CCN(C(=O)c4ccc(CN5CCCCC5)o4)CC3)n2)c1. The summed E-state index contributed by atoms with van der Waals surface area (Å²) in [5.41, 5.74) is 1.12. The largest absolute Gasteiger partial charge is 0.497 e. The van der Waals surface area contributed by atoms with Crippen molar-refractivity contribution >= 4 is 22.6 Å². The van der Waals surface area contributed by atoms with Gasteiger partial charge in [0.1, 0.15) is 17.3 Å². The zero-order valence-corrected chi connectivity index (χ0v) is 20.4. The number of hydrogen-bond acceptors (Lipinski definition) is 8. The smallest absolute Gasteiger partial charge is 0.289 e. The lowest BCUT2D eigenvalue weighted by Gasteiger charge is -2.33. The van der Waals surface area contributed by atoms with Crippen LogP contribution in [0.25, 0.3) is 0 Å². The number of ether oxygens (including phenoxy) is 1. The molecule has 2 aliphatic rings. The molecule has 4 heterocycles. The van der Waals surface area contributed by atoms with Gasteiger partial charge in [-0.3, -0.25) is 9.69 Å². The third-order valence-electron chi connectivity index (χ3n) is 6.49. The second-order valence-electron chi connectivity index (χ2n) is 8.90. The van der Waals surface area contributed by atoms with Gasteiger partial charge in [-0.2, -0.15) is 4.37 Å². The highest BCUT2D eigenvalue weighted by atomic mass is 32.1. The van der Waals surface area contributed by atoms with Crippen molar-refractivity contribution in [2.45, 2.75) is 32.2 Å². The van der Waals surface area contributed by atoms with E-state index in [-0.39, 0.29) is 5.91 Å². The topological polar surface area (TPSA) is 74.9 Å². The molecule has 0 N–H and O–H groups in total. The number of furan rings is 1. The molecule has 0 saturated carbocycles. The van der Waals surface area contributed by atoms with Crippen molar-refractivity contribution in [2.75, 3.05) is 51.3 Å². The third kappa shape index (κ3) is 5.42. The van der Waals surface area contributed by atoms with Gasteiger partial charge >= 0.3 is 0 Å². The van der Waals surface area contributed by atoms with Crippen molar-refractivity contribution < 1.29 is 13.9 Å². The van der Waals surface area contributed by atoms with Crippen molar-refractivity contribution in [3.63, 3.8) is 0 Å². The average molecular weight is 482 g/mol. The molecule has 9 heteroatoms. The summed E-state index contributed by atoms with van der Waals surface area (Å²) in [6.07, 6.45) is 4.47. The van der Waals surface area contributed by atoms with Gasteiger partial charge in [-0.1, -0.05) is 18.6 Å². The van der Waals surface area contributed by atoms with Crippen LogP contribution in [-0.4, -0.2) is 71.4 Å². The number of carbonyl (C=O) groups excluding carboxylic acids is 1. The first-order valence-electron chi connectivity index (χ1n) is 12.0. The van der Waals surface area contributed by atoms with E-state index in [1.807, 2.05) is 35.2 Å². The summed E-state index contributed by atoms with van der Waals surface area (Å²) in [6.45, 7) is 5.77. The van der Waals surface area contributed by atoms with Crippen LogP contribution in [0.3, 0.4) is 0 Å². The summed E-state index contributed by atoms with van der Waals surface area (Å²) >= 11 is 1.42. The second-order valence-corrected chi connectivity index (χ2v) is 9.63. The van der Waals surface area contributed by atoms with E-state index >= 15 is 0 Å². The van der Waals surface area contributed by atoms with Gasteiger partial charge in [-0.15, -0.1) is 0 Å². The van der Waals surface area contributed by atoms with Gasteiger partial charge in [0.25, 0.3) is 5.91 Å². The maximum Gasteiger partial charge on any atom is 0.289 e. The molecule has 0 unspecified atom stereocenters. The Morgan fingerprint density at radius 3 is 2.68 bits per heavy atom. The minimum atomic E-state index is -0.0273. The molecule has 5 rings (SSSR count). The molecule has 0 radical (unpaired) electrons. The van der Waals surface area contributed by atoms with Gasteiger partial charge in [0.15, 0.2) is 5.76 Å². The Morgan fingerprint density at radius 2 is 1.88 bits per heavy atom. The summed E-state index contributed by atoms with van der Waals surface area (Å²) in [6, 6.07) is 11.8. The van der Waals surface area contributed by atoms with Crippen molar-refractivity contribution in [3.05, 3.63) is 59.3 Å². The van der Waals surface area contributed by atoms with Crippen LogP contribution in [0.2, 0.25) is 0 Å². The number of piperidine rings is 1. The van der Waals surface area contributed by atoms with E-state index in [4.69, 9.17) is 14.1 Å². The van der Waals surface area contributed by atoms with E-state index in [0.717, 1.165) is 60.8 Å². The number of aromatic nitrogens is 2. The van der Waals surface area contributed by atoms with Gasteiger partial charge < -0.3 is 19.0 Å². The fourth-order valence-corrected chi connectivity index (χ4v) is 5.32. The van der Waals surface area contributed by atoms with Crippen molar-refractivity contribution in [2.24, 2.45) is 0 Å². The Balaban J connectivity index is 1.13. The fraction of sp³-hybridized carbons (Fsp3) is 0.480. The van der Waals surface area contributed by atoms with E-state index in [9.17, 15) is 4.79 Å². The first kappa shape index (κ1) is 22.9. The number of carbonyl (C=O) groups is 1. The van der Waals surface area contributed by atoms with Gasteiger partial charge in [0.05, 0.1) is 13.7 Å². The van der Waals surface area contributed by atoms with Crippen molar-refractivity contribution in [1.29, 1.82) is 0 Å². The Labute approximate surface area is 204 Å². The Morgan fingerprint density at radius 1 is 1.06 bits per heavy atom. The highest BCUT2D eigenvalue weighted by Crippen LogP contribution is 2.23. The summed E-state index contributed by atoms with van der Waals surface area (Å²) in [4.78, 5) is 24.2. The van der Waals surface area contributed by atoms with Crippen LogP contribution in [0.1, 0.15) is 47.0 Å². The normalized spacial score (nSPS) is 17.2. The number of benzene rings is 1.